The molecule has 3 rings (SSSR count). The van der Waals surface area contributed by atoms with E-state index in [1.54, 1.807) is 25.2 Å². The van der Waals surface area contributed by atoms with Crippen LogP contribution < -0.4 is 0 Å². The van der Waals surface area contributed by atoms with Gasteiger partial charge in [0.25, 0.3) is 0 Å². The van der Waals surface area contributed by atoms with Gasteiger partial charge in [-0.2, -0.15) is 5.10 Å². The fourth-order valence-corrected chi connectivity index (χ4v) is 3.96. The Balaban J connectivity index is 1.72. The summed E-state index contributed by atoms with van der Waals surface area (Å²) in [4.78, 5) is 20.1. The van der Waals surface area contributed by atoms with E-state index in [2.05, 4.69) is 16.5 Å². The van der Waals surface area contributed by atoms with E-state index in [-0.39, 0.29) is 5.91 Å². The van der Waals surface area contributed by atoms with E-state index in [0.29, 0.717) is 32.4 Å². The van der Waals surface area contributed by atoms with Gasteiger partial charge in [0, 0.05) is 37.2 Å². The van der Waals surface area contributed by atoms with Gasteiger partial charge in [-0.05, 0) is 38.1 Å². The highest BCUT2D eigenvalue weighted by Crippen LogP contribution is 2.16. The lowest BCUT2D eigenvalue weighted by Crippen LogP contribution is -2.33. The molecule has 7 heteroatoms. The van der Waals surface area contributed by atoms with Crippen molar-refractivity contribution in [3.8, 4) is 0 Å². The fourth-order valence-electron chi connectivity index (χ4n) is 3.26. The van der Waals surface area contributed by atoms with Crippen LogP contribution in [0.1, 0.15) is 56.1 Å². The number of nitrogens with zero attached hydrogens (tertiary/aromatic N) is 4. The average molecular weight is 377 g/mol. The van der Waals surface area contributed by atoms with Crippen molar-refractivity contribution in [3.05, 3.63) is 34.0 Å². The maximum absolute atomic E-state index is 12.2. The molecular weight excluding hydrogens is 348 g/mol. The number of aliphatic hydroxyl groups is 1. The molecule has 0 aliphatic carbocycles. The monoisotopic (exact) mass is 376 g/mol. The molecule has 2 aromatic heterocycles. The quantitative estimate of drug-likeness (QED) is 0.806. The molecule has 0 bridgehead atoms. The van der Waals surface area contributed by atoms with Crippen molar-refractivity contribution in [2.24, 2.45) is 0 Å². The summed E-state index contributed by atoms with van der Waals surface area (Å²) in [7, 11) is 0. The second kappa shape index (κ2) is 8.31. The molecule has 2 aromatic rings. The third kappa shape index (κ3) is 5.38. The summed E-state index contributed by atoms with van der Waals surface area (Å²) in [6, 6.07) is 4.11. The Hall–Kier alpha value is -1.73. The lowest BCUT2D eigenvalue weighted by molar-refractivity contribution is -0.130. The van der Waals surface area contributed by atoms with Gasteiger partial charge in [0.15, 0.2) is 5.82 Å². The highest BCUT2D eigenvalue weighted by Gasteiger charge is 2.21. The van der Waals surface area contributed by atoms with Crippen molar-refractivity contribution >= 4 is 17.2 Å². The summed E-state index contributed by atoms with van der Waals surface area (Å²) in [5, 5.41) is 16.9. The predicted octanol–water partition coefficient (Wildman–Crippen LogP) is 2.65. The molecule has 0 spiro atoms. The lowest BCUT2D eigenvalue weighted by Gasteiger charge is -2.21. The van der Waals surface area contributed by atoms with E-state index in [0.717, 1.165) is 37.5 Å². The van der Waals surface area contributed by atoms with E-state index in [4.69, 9.17) is 4.98 Å². The van der Waals surface area contributed by atoms with E-state index in [1.807, 2.05) is 15.6 Å². The number of aromatic nitrogens is 3. The number of likely N-dealkylation sites (tertiary alicyclic amines) is 1. The Bertz CT molecular complexity index is 718. The van der Waals surface area contributed by atoms with Crippen LogP contribution in [0.3, 0.4) is 0 Å². The molecular formula is C19H28N4O2S. The van der Waals surface area contributed by atoms with Crippen molar-refractivity contribution in [2.45, 2.75) is 64.5 Å². The van der Waals surface area contributed by atoms with Crippen molar-refractivity contribution in [2.75, 3.05) is 13.1 Å². The number of carbonyl (C=O) groups is 1. The molecule has 6 nitrogen and oxygen atoms in total. The summed E-state index contributed by atoms with van der Waals surface area (Å²) in [6.07, 6.45) is 5.22. The van der Waals surface area contributed by atoms with Crippen molar-refractivity contribution < 1.29 is 9.90 Å². The van der Waals surface area contributed by atoms with Gasteiger partial charge in [-0.3, -0.25) is 4.79 Å². The van der Waals surface area contributed by atoms with Crippen LogP contribution in [-0.2, 0) is 24.2 Å². The van der Waals surface area contributed by atoms with Gasteiger partial charge in [-0.25, -0.2) is 9.67 Å². The first-order chi connectivity index (χ1) is 12.4. The Morgan fingerprint density at radius 3 is 2.88 bits per heavy atom. The van der Waals surface area contributed by atoms with Crippen LogP contribution in [0.15, 0.2) is 17.5 Å². The van der Waals surface area contributed by atoms with E-state index in [1.165, 1.54) is 4.88 Å². The van der Waals surface area contributed by atoms with Crippen LogP contribution in [-0.4, -0.2) is 49.4 Å². The maximum Gasteiger partial charge on any atom is 0.222 e. The fraction of sp³-hybridized carbons (Fsp3) is 0.632. The van der Waals surface area contributed by atoms with Crippen molar-refractivity contribution in [3.63, 3.8) is 0 Å². The van der Waals surface area contributed by atoms with Gasteiger partial charge < -0.3 is 10.0 Å². The Morgan fingerprint density at radius 1 is 1.31 bits per heavy atom. The zero-order valence-corrected chi connectivity index (χ0v) is 16.5. The predicted molar refractivity (Wildman–Crippen MR) is 102 cm³/mol. The first-order valence-electron chi connectivity index (χ1n) is 9.36. The van der Waals surface area contributed by atoms with Crippen molar-refractivity contribution in [1.29, 1.82) is 0 Å². The number of hydrogen-bond donors (Lipinski definition) is 1. The molecule has 3 heterocycles. The molecule has 1 saturated heterocycles. The van der Waals surface area contributed by atoms with Crippen LogP contribution in [0, 0.1) is 0 Å². The molecule has 1 N–H and O–H groups in total. The molecule has 0 saturated carbocycles. The molecule has 0 aromatic carbocycles. The summed E-state index contributed by atoms with van der Waals surface area (Å²) in [5.74, 6) is 1.86. The zero-order chi connectivity index (χ0) is 18.6. The number of amides is 1. The van der Waals surface area contributed by atoms with Gasteiger partial charge >= 0.3 is 0 Å². The Morgan fingerprint density at radius 2 is 2.15 bits per heavy atom. The SMILES string of the molecule is CC(C)(O)Cn1nc(Cc2cccs2)nc1CCN1CCCCCC1=O. The third-order valence-electron chi connectivity index (χ3n) is 4.52. The molecule has 1 aliphatic rings. The molecule has 1 aliphatic heterocycles. The molecule has 1 fully saturated rings. The van der Waals surface area contributed by atoms with Crippen LogP contribution >= 0.6 is 11.3 Å². The van der Waals surface area contributed by atoms with Crippen LogP contribution in [0.4, 0.5) is 0 Å². The second-order valence-electron chi connectivity index (χ2n) is 7.61. The minimum Gasteiger partial charge on any atom is -0.389 e. The van der Waals surface area contributed by atoms with E-state index >= 15 is 0 Å². The summed E-state index contributed by atoms with van der Waals surface area (Å²) in [6.45, 7) is 5.45. The first-order valence-corrected chi connectivity index (χ1v) is 10.2. The minimum atomic E-state index is -0.860. The largest absolute Gasteiger partial charge is 0.389 e. The second-order valence-corrected chi connectivity index (χ2v) is 8.64. The summed E-state index contributed by atoms with van der Waals surface area (Å²) < 4.78 is 1.81. The highest BCUT2D eigenvalue weighted by atomic mass is 32.1. The number of thiophene rings is 1. The number of hydrogen-bond acceptors (Lipinski definition) is 5. The average Bonchev–Trinajstić information content (AvgIpc) is 3.13. The van der Waals surface area contributed by atoms with E-state index in [9.17, 15) is 9.90 Å². The molecule has 142 valence electrons. The topological polar surface area (TPSA) is 71.2 Å². The summed E-state index contributed by atoms with van der Waals surface area (Å²) >= 11 is 1.69. The lowest BCUT2D eigenvalue weighted by atomic mass is 10.1. The molecule has 0 atom stereocenters. The van der Waals surface area contributed by atoms with Crippen LogP contribution in [0.25, 0.3) is 0 Å². The normalized spacial score (nSPS) is 16.1. The van der Waals surface area contributed by atoms with Gasteiger partial charge in [0.05, 0.1) is 12.1 Å². The van der Waals surface area contributed by atoms with E-state index < -0.39 is 5.60 Å². The Labute approximate surface area is 158 Å². The van der Waals surface area contributed by atoms with Crippen LogP contribution in [0.5, 0.6) is 0 Å². The molecule has 0 unspecified atom stereocenters. The molecule has 0 radical (unpaired) electrons. The van der Waals surface area contributed by atoms with Gasteiger partial charge in [-0.1, -0.05) is 12.5 Å². The highest BCUT2D eigenvalue weighted by molar-refractivity contribution is 7.09. The van der Waals surface area contributed by atoms with Gasteiger partial charge in [0.2, 0.25) is 5.91 Å². The third-order valence-corrected chi connectivity index (χ3v) is 5.39. The minimum absolute atomic E-state index is 0.245. The number of carbonyl (C=O) groups excluding carboxylic acids is 1. The maximum atomic E-state index is 12.2. The first kappa shape index (κ1) is 19.0. The van der Waals surface area contributed by atoms with Crippen LogP contribution in [0.2, 0.25) is 0 Å². The molecule has 1 amide bonds. The molecule has 26 heavy (non-hydrogen) atoms. The standard InChI is InChI=1S/C19H28N4O2S/c1-19(2,25)14-23-17(9-11-22-10-5-3-4-8-18(22)24)20-16(21-23)13-15-7-6-12-26-15/h6-7,12,25H,3-5,8-11,13-14H2,1-2H3. The Kier molecular flexibility index (Phi) is 6.09. The van der Waals surface area contributed by atoms with Gasteiger partial charge in [-0.15, -0.1) is 11.3 Å². The van der Waals surface area contributed by atoms with Crippen molar-refractivity contribution in [1.82, 2.24) is 19.7 Å². The summed E-state index contributed by atoms with van der Waals surface area (Å²) in [5.41, 5.74) is -0.860. The van der Waals surface area contributed by atoms with Gasteiger partial charge in [0.1, 0.15) is 5.82 Å². The zero-order valence-electron chi connectivity index (χ0n) is 15.6. The number of rotatable bonds is 7. The smallest absolute Gasteiger partial charge is 0.222 e.